The van der Waals surface area contributed by atoms with Gasteiger partial charge in [-0.3, -0.25) is 0 Å². The molecule has 180 valence electrons. The Balaban J connectivity index is 1.93. The van der Waals surface area contributed by atoms with Crippen LogP contribution in [0.15, 0.2) is 97.1 Å². The summed E-state index contributed by atoms with van der Waals surface area (Å²) in [5.74, 6) is 0. The van der Waals surface area contributed by atoms with E-state index in [1.54, 1.807) is 0 Å². The molecule has 4 heteroatoms. The summed E-state index contributed by atoms with van der Waals surface area (Å²) in [4.78, 5) is 0. The Labute approximate surface area is 215 Å². The number of nitrogens with two attached hydrogens (primary N) is 1. The van der Waals surface area contributed by atoms with Crippen molar-refractivity contribution in [2.45, 2.75) is 42.1 Å². The van der Waals surface area contributed by atoms with E-state index in [0.717, 1.165) is 33.4 Å². The molecule has 0 aromatic heterocycles. The van der Waals surface area contributed by atoms with Gasteiger partial charge in [0.1, 0.15) is 0 Å². The monoisotopic (exact) mass is 537 g/mol. The molecule has 5 rings (SSSR count). The Hall–Kier alpha value is -1.87. The summed E-state index contributed by atoms with van der Waals surface area (Å²) >= 11 is -5.84. The molecule has 1 nitrogen and oxygen atoms in total. The zero-order valence-corrected chi connectivity index (χ0v) is 23.8. The molecule has 0 saturated heterocycles. The van der Waals surface area contributed by atoms with E-state index in [-0.39, 0.29) is 0 Å². The Morgan fingerprint density at radius 2 is 1.20 bits per heavy atom. The van der Waals surface area contributed by atoms with E-state index >= 15 is 0 Å². The minimum absolute atomic E-state index is 0.441. The number of hydrogen-bond donors (Lipinski definition) is 1. The van der Waals surface area contributed by atoms with Crippen LogP contribution in [0.3, 0.4) is 0 Å². The van der Waals surface area contributed by atoms with Crippen molar-refractivity contribution in [1.29, 1.82) is 0 Å². The number of hydrogen-bond acceptors (Lipinski definition) is 1. The molecule has 0 bridgehead atoms. The molecular weight excluding hydrogens is 505 g/mol. The van der Waals surface area contributed by atoms with Gasteiger partial charge >= 0.3 is 217 Å². The number of benzene rings is 4. The minimum atomic E-state index is -5.84. The van der Waals surface area contributed by atoms with Gasteiger partial charge in [-0.05, 0) is 0 Å². The summed E-state index contributed by atoms with van der Waals surface area (Å²) in [6.45, 7) is 6.43. The molecule has 4 aromatic carbocycles. The maximum absolute atomic E-state index is 8.36. The van der Waals surface area contributed by atoms with Crippen LogP contribution >= 0.6 is 18.6 Å². The van der Waals surface area contributed by atoms with Gasteiger partial charge in [-0.25, -0.2) is 0 Å². The normalized spacial score (nSPS) is 16.9. The standard InChI is InChI=1S/C15H13.C9H11.C7H7.2ClH.H2N.Ti/c1-2-6-12(7-3-1)15-10-13-8-4-5-9-14(13)11-15;1-7-5-4-6-8(2)9(7)3;1-7-5-3-2-4-6-7;;;;/h1-9H,10-11H2;4-5H,1-3H3;2-6H,1H2;2*1H;1H2;/q;;;;;-1;+3/p-2. The Kier molecular flexibility index (Phi) is 5.72. The predicted octanol–water partition coefficient (Wildman–Crippen LogP) is 7.54. The van der Waals surface area contributed by atoms with Crippen molar-refractivity contribution in [3.63, 3.8) is 0 Å². The van der Waals surface area contributed by atoms with E-state index < -0.39 is 15.9 Å². The molecule has 0 unspecified atom stereocenters. The number of aryl methyl sites for hydroxylation is 1. The van der Waals surface area contributed by atoms with E-state index in [1.165, 1.54) is 22.3 Å². The summed E-state index contributed by atoms with van der Waals surface area (Å²) in [5, 5.41) is 0. The number of halogens is 2. The van der Waals surface area contributed by atoms with Crippen LogP contribution in [0.5, 0.6) is 0 Å². The van der Waals surface area contributed by atoms with E-state index in [9.17, 15) is 0 Å². The van der Waals surface area contributed by atoms with Crippen molar-refractivity contribution in [3.05, 3.63) is 136 Å². The molecule has 0 heterocycles. The fraction of sp³-hybridized carbons (Fsp3) is 0.226. The van der Waals surface area contributed by atoms with Crippen LogP contribution in [-0.2, 0) is 33.4 Å². The van der Waals surface area contributed by atoms with Crippen LogP contribution in [0.1, 0.15) is 38.9 Å². The van der Waals surface area contributed by atoms with Crippen molar-refractivity contribution in [2.24, 2.45) is 4.22 Å². The Morgan fingerprint density at radius 3 is 1.77 bits per heavy atom. The summed E-state index contributed by atoms with van der Waals surface area (Å²) < 4.78 is 8.78. The van der Waals surface area contributed by atoms with Crippen LogP contribution in [-0.4, -0.2) is 0 Å². The van der Waals surface area contributed by atoms with Crippen molar-refractivity contribution in [2.75, 3.05) is 0 Å². The zero-order valence-electron chi connectivity index (χ0n) is 20.7. The molecule has 0 saturated carbocycles. The molecule has 4 aromatic rings. The topological polar surface area (TPSA) is 26.0 Å². The van der Waals surface area contributed by atoms with Gasteiger partial charge in [0, 0.05) is 0 Å². The second-order valence-corrected chi connectivity index (χ2v) is 29.1. The van der Waals surface area contributed by atoms with Gasteiger partial charge in [-0.1, -0.05) is 0 Å². The average Bonchev–Trinajstić information content (AvgIpc) is 3.26. The number of rotatable bonds is 5. The Bertz CT molecular complexity index is 1390. The van der Waals surface area contributed by atoms with Crippen LogP contribution in [0.4, 0.5) is 0 Å². The summed E-state index contributed by atoms with van der Waals surface area (Å²) in [5.41, 5.74) is 8.31. The molecule has 0 spiro atoms. The van der Waals surface area contributed by atoms with E-state index in [4.69, 9.17) is 22.8 Å². The first kappa shape index (κ1) is 24.8. The molecule has 0 atom stereocenters. The summed E-state index contributed by atoms with van der Waals surface area (Å²) in [7, 11) is 16.7. The first-order valence-electron chi connectivity index (χ1n) is 12.3. The zero-order chi connectivity index (χ0) is 25.0. The first-order valence-corrected chi connectivity index (χ1v) is 20.2. The Morgan fingerprint density at radius 1 is 0.686 bits per heavy atom. The molecule has 2 N–H and O–H groups in total. The van der Waals surface area contributed by atoms with Crippen molar-refractivity contribution in [1.82, 2.24) is 0 Å². The van der Waals surface area contributed by atoms with Crippen molar-refractivity contribution in [3.8, 4) is 0 Å². The molecule has 0 radical (unpaired) electrons. The molecule has 0 amide bonds. The second kappa shape index (κ2) is 8.07. The van der Waals surface area contributed by atoms with Gasteiger partial charge in [0.2, 0.25) is 0 Å². The van der Waals surface area contributed by atoms with Gasteiger partial charge in [-0.15, -0.1) is 0 Å². The molecule has 35 heavy (non-hydrogen) atoms. The molecule has 1 aliphatic rings. The van der Waals surface area contributed by atoms with Gasteiger partial charge in [0.25, 0.3) is 0 Å². The van der Waals surface area contributed by atoms with Crippen LogP contribution < -0.4 is 8.08 Å². The quantitative estimate of drug-likeness (QED) is 0.261. The van der Waals surface area contributed by atoms with Crippen LogP contribution in [0, 0.1) is 20.8 Å². The molecule has 0 fully saturated rings. The third-order valence-corrected chi connectivity index (χ3v) is 24.3. The van der Waals surface area contributed by atoms with Gasteiger partial charge in [0.15, 0.2) is 0 Å². The van der Waals surface area contributed by atoms with Crippen molar-refractivity contribution >= 4 is 22.5 Å². The molecular formula is C31H33Cl2NTi. The van der Waals surface area contributed by atoms with Crippen LogP contribution in [0.25, 0.3) is 0 Å². The first-order chi connectivity index (χ1) is 16.5. The summed E-state index contributed by atoms with van der Waals surface area (Å²) in [6.07, 6.45) is 1.45. The predicted molar refractivity (Wildman–Crippen MR) is 148 cm³/mol. The summed E-state index contributed by atoms with van der Waals surface area (Å²) in [6, 6.07) is 33.8. The van der Waals surface area contributed by atoms with E-state index in [0.29, 0.717) is 4.73 Å². The average molecular weight is 538 g/mol. The van der Waals surface area contributed by atoms with E-state index in [2.05, 4.69) is 93.6 Å². The van der Waals surface area contributed by atoms with E-state index in [1.807, 2.05) is 24.3 Å². The third kappa shape index (κ3) is 3.59. The SMILES string of the molecule is Cc1cc[c]([Ti]([NH2])([Cl])([Cl])([CH2]c2ccccc2)[C]2(c3ccccc3)Cc3ccccc3C2)c(C)c1C. The van der Waals surface area contributed by atoms with Crippen LogP contribution in [0.2, 0.25) is 0 Å². The fourth-order valence-corrected chi connectivity index (χ4v) is 21.1. The molecule has 0 aliphatic heterocycles. The fourth-order valence-electron chi connectivity index (χ4n) is 6.63. The molecule has 1 aliphatic carbocycles. The van der Waals surface area contributed by atoms with Crippen molar-refractivity contribution < 1.29 is 12.2 Å². The van der Waals surface area contributed by atoms with Gasteiger partial charge < -0.3 is 0 Å². The second-order valence-electron chi connectivity index (χ2n) is 10.8. The van der Waals surface area contributed by atoms with Gasteiger partial charge in [-0.2, -0.15) is 0 Å². The van der Waals surface area contributed by atoms with Gasteiger partial charge in [0.05, 0.1) is 0 Å². The third-order valence-electron chi connectivity index (χ3n) is 8.85. The number of fused-ring (bicyclic) bond motifs is 1. The maximum atomic E-state index is 8.36.